The molecule has 2 N–H and O–H groups in total. The van der Waals surface area contributed by atoms with Gasteiger partial charge in [-0.3, -0.25) is 0 Å². The lowest BCUT2D eigenvalue weighted by Gasteiger charge is -2.06. The van der Waals surface area contributed by atoms with Crippen molar-refractivity contribution in [2.45, 2.75) is 19.9 Å². The average Bonchev–Trinajstić information content (AvgIpc) is 1.85. The zero-order chi connectivity index (χ0) is 8.43. The van der Waals surface area contributed by atoms with Crippen LogP contribution in [0.2, 0.25) is 0 Å². The van der Waals surface area contributed by atoms with Crippen LogP contribution in [0.1, 0.15) is 24.2 Å². The summed E-state index contributed by atoms with van der Waals surface area (Å²) in [4.78, 5) is 4.18. The van der Waals surface area contributed by atoms with E-state index in [1.807, 2.05) is 26.0 Å². The third-order valence-electron chi connectivity index (χ3n) is 1.47. The number of aryl methyl sites for hydroxylation is 1. The van der Waals surface area contributed by atoms with Gasteiger partial charge in [-0.25, -0.2) is 4.98 Å². The predicted molar refractivity (Wildman–Crippen MR) is 49.3 cm³/mol. The molecule has 2 nitrogen and oxygen atoms in total. The first-order valence-corrected chi connectivity index (χ1v) is 4.28. The zero-order valence-corrected chi connectivity index (χ0v) is 8.22. The minimum atomic E-state index is 0.0769. The number of aromatic nitrogens is 1. The molecule has 0 bridgehead atoms. The fraction of sp³-hybridized carbons (Fsp3) is 0.375. The molecule has 0 aliphatic carbocycles. The summed E-state index contributed by atoms with van der Waals surface area (Å²) in [5, 5.41) is 0. The van der Waals surface area contributed by atoms with E-state index in [0.717, 1.165) is 15.9 Å². The highest BCUT2D eigenvalue weighted by molar-refractivity contribution is 9.10. The van der Waals surface area contributed by atoms with Gasteiger partial charge in [-0.1, -0.05) is 0 Å². The van der Waals surface area contributed by atoms with Crippen LogP contribution in [0.4, 0.5) is 0 Å². The van der Waals surface area contributed by atoms with Crippen LogP contribution in [0.15, 0.2) is 16.7 Å². The smallest absolute Gasteiger partial charge is 0.106 e. The molecule has 0 aliphatic rings. The molecule has 0 amide bonds. The van der Waals surface area contributed by atoms with Crippen molar-refractivity contribution in [3.8, 4) is 0 Å². The molecule has 0 saturated heterocycles. The van der Waals surface area contributed by atoms with Gasteiger partial charge in [-0.05, 0) is 47.5 Å². The van der Waals surface area contributed by atoms with Crippen molar-refractivity contribution in [1.29, 1.82) is 0 Å². The molecule has 1 aromatic heterocycles. The van der Waals surface area contributed by atoms with Crippen LogP contribution in [-0.2, 0) is 0 Å². The van der Waals surface area contributed by atoms with Crippen molar-refractivity contribution in [1.82, 2.24) is 4.98 Å². The molecular weight excluding hydrogens is 204 g/mol. The fourth-order valence-corrected chi connectivity index (χ4v) is 1.46. The van der Waals surface area contributed by atoms with Gasteiger partial charge in [-0.2, -0.15) is 0 Å². The summed E-state index contributed by atoms with van der Waals surface area (Å²) in [6.45, 7) is 3.91. The second-order valence-electron chi connectivity index (χ2n) is 2.65. The van der Waals surface area contributed by atoms with E-state index in [-0.39, 0.29) is 6.04 Å². The molecule has 0 saturated carbocycles. The summed E-state index contributed by atoms with van der Waals surface area (Å²) in [5.41, 5.74) is 7.81. The monoisotopic (exact) mass is 214 g/mol. The van der Waals surface area contributed by atoms with Crippen molar-refractivity contribution < 1.29 is 0 Å². The summed E-state index contributed by atoms with van der Waals surface area (Å²) in [7, 11) is 0. The van der Waals surface area contributed by atoms with Crippen LogP contribution in [0.3, 0.4) is 0 Å². The number of hydrogen-bond donors (Lipinski definition) is 1. The molecule has 1 rings (SSSR count). The topological polar surface area (TPSA) is 38.9 Å². The second-order valence-corrected chi connectivity index (χ2v) is 3.47. The highest BCUT2D eigenvalue weighted by Crippen LogP contribution is 2.15. The Balaban J connectivity index is 3.08. The minimum absolute atomic E-state index is 0.0769. The molecule has 1 atom stereocenters. The molecule has 11 heavy (non-hydrogen) atoms. The van der Waals surface area contributed by atoms with Crippen molar-refractivity contribution in [3.05, 3.63) is 28.0 Å². The lowest BCUT2D eigenvalue weighted by molar-refractivity contribution is 0.811. The number of nitrogens with zero attached hydrogens (tertiary/aromatic N) is 1. The van der Waals surface area contributed by atoms with Crippen molar-refractivity contribution in [3.63, 3.8) is 0 Å². The SMILES string of the molecule is Cc1cc([C@@H](C)N)cc(Br)n1. The third kappa shape index (κ3) is 2.27. The molecule has 60 valence electrons. The Morgan fingerprint density at radius 2 is 2.18 bits per heavy atom. The first-order valence-electron chi connectivity index (χ1n) is 3.49. The molecule has 0 radical (unpaired) electrons. The van der Waals surface area contributed by atoms with Gasteiger partial charge >= 0.3 is 0 Å². The van der Waals surface area contributed by atoms with Crippen LogP contribution in [0, 0.1) is 6.92 Å². The third-order valence-corrected chi connectivity index (χ3v) is 1.88. The van der Waals surface area contributed by atoms with Crippen molar-refractivity contribution in [2.75, 3.05) is 0 Å². The maximum atomic E-state index is 5.70. The fourth-order valence-electron chi connectivity index (χ4n) is 0.916. The van der Waals surface area contributed by atoms with Gasteiger partial charge in [0.1, 0.15) is 4.60 Å². The number of halogens is 1. The van der Waals surface area contributed by atoms with Crippen LogP contribution in [0.5, 0.6) is 0 Å². The number of rotatable bonds is 1. The Hall–Kier alpha value is -0.410. The van der Waals surface area contributed by atoms with Gasteiger partial charge < -0.3 is 5.73 Å². The summed E-state index contributed by atoms with van der Waals surface area (Å²) in [6.07, 6.45) is 0. The molecule has 0 fully saturated rings. The number of pyridine rings is 1. The van der Waals surface area contributed by atoms with E-state index in [2.05, 4.69) is 20.9 Å². The number of nitrogens with two attached hydrogens (primary N) is 1. The second kappa shape index (κ2) is 3.32. The molecule has 0 spiro atoms. The maximum absolute atomic E-state index is 5.70. The Labute approximate surface area is 75.0 Å². The Morgan fingerprint density at radius 3 is 2.64 bits per heavy atom. The average molecular weight is 215 g/mol. The van der Waals surface area contributed by atoms with Gasteiger partial charge in [0, 0.05) is 11.7 Å². The first-order chi connectivity index (χ1) is 5.09. The molecule has 0 aliphatic heterocycles. The van der Waals surface area contributed by atoms with E-state index < -0.39 is 0 Å². The van der Waals surface area contributed by atoms with E-state index in [0.29, 0.717) is 0 Å². The highest BCUT2D eigenvalue weighted by Gasteiger charge is 2.01. The van der Waals surface area contributed by atoms with Gasteiger partial charge in [0.2, 0.25) is 0 Å². The minimum Gasteiger partial charge on any atom is -0.324 e. The van der Waals surface area contributed by atoms with Gasteiger partial charge in [-0.15, -0.1) is 0 Å². The van der Waals surface area contributed by atoms with E-state index in [1.54, 1.807) is 0 Å². The lowest BCUT2D eigenvalue weighted by Crippen LogP contribution is -2.05. The Kier molecular flexibility index (Phi) is 2.62. The van der Waals surface area contributed by atoms with Gasteiger partial charge in [0.25, 0.3) is 0 Å². The van der Waals surface area contributed by atoms with Crippen LogP contribution < -0.4 is 5.73 Å². The quantitative estimate of drug-likeness (QED) is 0.729. The summed E-state index contributed by atoms with van der Waals surface area (Å²) in [6, 6.07) is 4.01. The van der Waals surface area contributed by atoms with Gasteiger partial charge in [0.05, 0.1) is 0 Å². The van der Waals surface area contributed by atoms with Crippen LogP contribution in [0.25, 0.3) is 0 Å². The summed E-state index contributed by atoms with van der Waals surface area (Å²) < 4.78 is 0.852. The van der Waals surface area contributed by atoms with Crippen molar-refractivity contribution >= 4 is 15.9 Å². The predicted octanol–water partition coefficient (Wildman–Crippen LogP) is 2.17. The van der Waals surface area contributed by atoms with E-state index in [4.69, 9.17) is 5.73 Å². The number of hydrogen-bond acceptors (Lipinski definition) is 2. The first kappa shape index (κ1) is 8.68. The summed E-state index contributed by atoms with van der Waals surface area (Å²) >= 11 is 3.31. The summed E-state index contributed by atoms with van der Waals surface area (Å²) in [5.74, 6) is 0. The Bertz CT molecular complexity index is 238. The zero-order valence-electron chi connectivity index (χ0n) is 6.63. The molecule has 0 aromatic carbocycles. The standard InChI is InChI=1S/C8H11BrN2/c1-5-3-7(6(2)10)4-8(9)11-5/h3-4,6H,10H2,1-2H3/t6-/m1/s1. The van der Waals surface area contributed by atoms with Crippen LogP contribution in [-0.4, -0.2) is 4.98 Å². The molecule has 0 unspecified atom stereocenters. The van der Waals surface area contributed by atoms with E-state index in [9.17, 15) is 0 Å². The molecule has 1 heterocycles. The normalized spacial score (nSPS) is 13.1. The molecular formula is C8H11BrN2. The van der Waals surface area contributed by atoms with Crippen LogP contribution >= 0.6 is 15.9 Å². The van der Waals surface area contributed by atoms with Gasteiger partial charge in [0.15, 0.2) is 0 Å². The van der Waals surface area contributed by atoms with E-state index >= 15 is 0 Å². The Morgan fingerprint density at radius 1 is 1.55 bits per heavy atom. The lowest BCUT2D eigenvalue weighted by atomic mass is 10.1. The largest absolute Gasteiger partial charge is 0.324 e. The van der Waals surface area contributed by atoms with Crippen molar-refractivity contribution in [2.24, 2.45) is 5.73 Å². The maximum Gasteiger partial charge on any atom is 0.106 e. The highest BCUT2D eigenvalue weighted by atomic mass is 79.9. The van der Waals surface area contributed by atoms with E-state index in [1.165, 1.54) is 0 Å². The molecule has 1 aromatic rings. The molecule has 3 heteroatoms.